The average molecular weight is 241 g/mol. The first-order valence-corrected chi connectivity index (χ1v) is 5.88. The lowest BCUT2D eigenvalue weighted by Gasteiger charge is -2.08. The molecule has 0 aliphatic rings. The SMILES string of the molecule is Cc1cccc2cc(C(N)c3nccn3C)oc12. The van der Waals surface area contributed by atoms with Crippen molar-refractivity contribution in [3.8, 4) is 0 Å². The van der Waals surface area contributed by atoms with Crippen LogP contribution in [0.15, 0.2) is 41.1 Å². The van der Waals surface area contributed by atoms with Crippen LogP contribution in [-0.2, 0) is 7.05 Å². The predicted molar refractivity (Wildman–Crippen MR) is 70.2 cm³/mol. The highest BCUT2D eigenvalue weighted by Gasteiger charge is 2.18. The Balaban J connectivity index is 2.10. The Morgan fingerprint density at radius 3 is 2.89 bits per heavy atom. The number of aromatic nitrogens is 2. The van der Waals surface area contributed by atoms with Gasteiger partial charge in [-0.25, -0.2) is 4.98 Å². The van der Waals surface area contributed by atoms with Crippen molar-refractivity contribution in [1.29, 1.82) is 0 Å². The van der Waals surface area contributed by atoms with E-state index < -0.39 is 0 Å². The second kappa shape index (κ2) is 3.99. The molecule has 0 aliphatic carbocycles. The van der Waals surface area contributed by atoms with Crippen LogP contribution in [0, 0.1) is 6.92 Å². The van der Waals surface area contributed by atoms with E-state index in [-0.39, 0.29) is 6.04 Å². The maximum atomic E-state index is 6.20. The first-order valence-electron chi connectivity index (χ1n) is 5.88. The van der Waals surface area contributed by atoms with E-state index in [1.165, 1.54) is 0 Å². The molecule has 18 heavy (non-hydrogen) atoms. The van der Waals surface area contributed by atoms with Crippen LogP contribution in [0.1, 0.15) is 23.2 Å². The minimum atomic E-state index is -0.336. The number of nitrogens with zero attached hydrogens (tertiary/aromatic N) is 2. The highest BCUT2D eigenvalue weighted by Crippen LogP contribution is 2.27. The molecule has 1 aromatic carbocycles. The Kier molecular flexibility index (Phi) is 2.45. The van der Waals surface area contributed by atoms with Crippen molar-refractivity contribution in [2.75, 3.05) is 0 Å². The quantitative estimate of drug-likeness (QED) is 0.750. The van der Waals surface area contributed by atoms with E-state index in [9.17, 15) is 0 Å². The molecule has 2 aromatic heterocycles. The average Bonchev–Trinajstić information content (AvgIpc) is 2.95. The molecule has 0 bridgehead atoms. The Hall–Kier alpha value is -2.07. The van der Waals surface area contributed by atoms with Gasteiger partial charge in [0, 0.05) is 24.8 Å². The molecule has 0 saturated heterocycles. The minimum Gasteiger partial charge on any atom is -0.459 e. The lowest BCUT2D eigenvalue weighted by atomic mass is 10.1. The molecule has 4 nitrogen and oxygen atoms in total. The molecule has 0 amide bonds. The molecule has 3 aromatic rings. The molecule has 0 spiro atoms. The summed E-state index contributed by atoms with van der Waals surface area (Å²) in [6, 6.07) is 7.73. The largest absolute Gasteiger partial charge is 0.459 e. The Morgan fingerprint density at radius 2 is 2.22 bits per heavy atom. The number of fused-ring (bicyclic) bond motifs is 1. The summed E-state index contributed by atoms with van der Waals surface area (Å²) < 4.78 is 7.77. The van der Waals surface area contributed by atoms with Gasteiger partial charge in [0.2, 0.25) is 0 Å². The van der Waals surface area contributed by atoms with Gasteiger partial charge >= 0.3 is 0 Å². The highest BCUT2D eigenvalue weighted by atomic mass is 16.3. The first-order chi connectivity index (χ1) is 8.66. The number of hydrogen-bond acceptors (Lipinski definition) is 3. The molecule has 0 radical (unpaired) electrons. The summed E-state index contributed by atoms with van der Waals surface area (Å²) in [6.07, 6.45) is 3.62. The molecule has 2 N–H and O–H groups in total. The van der Waals surface area contributed by atoms with Crippen molar-refractivity contribution >= 4 is 11.0 Å². The molecule has 1 atom stereocenters. The van der Waals surface area contributed by atoms with Gasteiger partial charge in [0.1, 0.15) is 23.2 Å². The fourth-order valence-corrected chi connectivity index (χ4v) is 2.19. The van der Waals surface area contributed by atoms with Gasteiger partial charge < -0.3 is 14.7 Å². The zero-order chi connectivity index (χ0) is 12.7. The van der Waals surface area contributed by atoms with E-state index in [1.54, 1.807) is 6.20 Å². The smallest absolute Gasteiger partial charge is 0.137 e. The number of nitrogens with two attached hydrogens (primary N) is 1. The maximum absolute atomic E-state index is 6.20. The molecule has 0 fully saturated rings. The fraction of sp³-hybridized carbons (Fsp3) is 0.214. The lowest BCUT2D eigenvalue weighted by Crippen LogP contribution is -2.15. The first kappa shape index (κ1) is 11.0. The van der Waals surface area contributed by atoms with E-state index in [0.717, 1.165) is 28.1 Å². The van der Waals surface area contributed by atoms with Gasteiger partial charge in [-0.05, 0) is 18.6 Å². The zero-order valence-corrected chi connectivity index (χ0v) is 10.4. The topological polar surface area (TPSA) is 57.0 Å². The molecule has 1 unspecified atom stereocenters. The number of hydrogen-bond donors (Lipinski definition) is 1. The summed E-state index contributed by atoms with van der Waals surface area (Å²) in [5, 5.41) is 1.08. The third-order valence-electron chi connectivity index (χ3n) is 3.20. The van der Waals surface area contributed by atoms with Crippen LogP contribution >= 0.6 is 0 Å². The normalized spacial score (nSPS) is 13.1. The molecule has 3 rings (SSSR count). The molecule has 4 heteroatoms. The van der Waals surface area contributed by atoms with Gasteiger partial charge in [-0.1, -0.05) is 18.2 Å². The van der Waals surface area contributed by atoms with E-state index >= 15 is 0 Å². The highest BCUT2D eigenvalue weighted by molar-refractivity contribution is 5.81. The van der Waals surface area contributed by atoms with Gasteiger partial charge in [-0.15, -0.1) is 0 Å². The summed E-state index contributed by atoms with van der Waals surface area (Å²) in [7, 11) is 1.93. The van der Waals surface area contributed by atoms with Crippen LogP contribution in [-0.4, -0.2) is 9.55 Å². The number of benzene rings is 1. The lowest BCUT2D eigenvalue weighted by molar-refractivity contribution is 0.507. The molecule has 0 aliphatic heterocycles. The van der Waals surface area contributed by atoms with Crippen LogP contribution in [0.5, 0.6) is 0 Å². The van der Waals surface area contributed by atoms with Gasteiger partial charge in [-0.2, -0.15) is 0 Å². The number of aryl methyl sites for hydroxylation is 2. The molecular formula is C14H15N3O. The Labute approximate surface area is 105 Å². The number of para-hydroxylation sites is 1. The van der Waals surface area contributed by atoms with Crippen molar-refractivity contribution in [2.45, 2.75) is 13.0 Å². The van der Waals surface area contributed by atoms with Gasteiger partial charge in [0.25, 0.3) is 0 Å². The zero-order valence-electron chi connectivity index (χ0n) is 10.4. The number of rotatable bonds is 2. The second-order valence-electron chi connectivity index (χ2n) is 4.52. The second-order valence-corrected chi connectivity index (χ2v) is 4.52. The van der Waals surface area contributed by atoms with Crippen LogP contribution < -0.4 is 5.73 Å². The van der Waals surface area contributed by atoms with Crippen LogP contribution in [0.2, 0.25) is 0 Å². The Bertz CT molecular complexity index is 696. The van der Waals surface area contributed by atoms with Crippen molar-refractivity contribution in [3.05, 3.63) is 53.8 Å². The minimum absolute atomic E-state index is 0.336. The fourth-order valence-electron chi connectivity index (χ4n) is 2.19. The van der Waals surface area contributed by atoms with Crippen LogP contribution in [0.4, 0.5) is 0 Å². The van der Waals surface area contributed by atoms with E-state index in [0.29, 0.717) is 0 Å². The van der Waals surface area contributed by atoms with Gasteiger partial charge in [0.15, 0.2) is 0 Å². The number of furan rings is 1. The monoisotopic (exact) mass is 241 g/mol. The summed E-state index contributed by atoms with van der Waals surface area (Å²) in [6.45, 7) is 2.03. The summed E-state index contributed by atoms with van der Waals surface area (Å²) in [5.74, 6) is 1.54. The van der Waals surface area contributed by atoms with E-state index in [2.05, 4.69) is 4.98 Å². The Morgan fingerprint density at radius 1 is 1.39 bits per heavy atom. The van der Waals surface area contributed by atoms with Crippen molar-refractivity contribution in [1.82, 2.24) is 9.55 Å². The summed E-state index contributed by atoms with van der Waals surface area (Å²) >= 11 is 0. The van der Waals surface area contributed by atoms with Crippen LogP contribution in [0.25, 0.3) is 11.0 Å². The molecular weight excluding hydrogens is 226 g/mol. The molecule has 0 saturated carbocycles. The summed E-state index contributed by atoms with van der Waals surface area (Å²) in [4.78, 5) is 4.26. The third-order valence-corrected chi connectivity index (χ3v) is 3.20. The van der Waals surface area contributed by atoms with E-state index in [4.69, 9.17) is 10.2 Å². The van der Waals surface area contributed by atoms with Gasteiger partial charge in [0.05, 0.1) is 0 Å². The van der Waals surface area contributed by atoms with Crippen molar-refractivity contribution < 1.29 is 4.42 Å². The van der Waals surface area contributed by atoms with Crippen molar-refractivity contribution in [3.63, 3.8) is 0 Å². The molecule has 2 heterocycles. The third kappa shape index (κ3) is 1.62. The maximum Gasteiger partial charge on any atom is 0.137 e. The number of imidazole rings is 1. The molecule has 92 valence electrons. The predicted octanol–water partition coefficient (Wildman–Crippen LogP) is 2.52. The van der Waals surface area contributed by atoms with Crippen LogP contribution in [0.3, 0.4) is 0 Å². The van der Waals surface area contributed by atoms with Crippen molar-refractivity contribution in [2.24, 2.45) is 12.8 Å². The van der Waals surface area contributed by atoms with E-state index in [1.807, 2.05) is 49.0 Å². The standard InChI is InChI=1S/C14H15N3O/c1-9-4-3-5-10-8-11(18-13(9)10)12(15)14-16-6-7-17(14)2/h3-8,12H,15H2,1-2H3. The summed E-state index contributed by atoms with van der Waals surface area (Å²) in [5.41, 5.74) is 8.22. The van der Waals surface area contributed by atoms with Gasteiger partial charge in [-0.3, -0.25) is 0 Å².